The Labute approximate surface area is 279 Å². The van der Waals surface area contributed by atoms with Gasteiger partial charge in [-0.15, -0.1) is 0 Å². The fourth-order valence-corrected chi connectivity index (χ4v) is 6.44. The number of hydrogen-bond acceptors (Lipinski definition) is 5. The van der Waals surface area contributed by atoms with Crippen LogP contribution in [0.15, 0.2) is 121 Å². The fraction of sp³-hybridized carbons (Fsp3) is 0.150. The van der Waals surface area contributed by atoms with Crippen LogP contribution in [0.5, 0.6) is 0 Å². The molecule has 4 amide bonds. The summed E-state index contributed by atoms with van der Waals surface area (Å²) in [7, 11) is 0. The second kappa shape index (κ2) is 13.0. The molecule has 0 saturated carbocycles. The molecule has 2 heterocycles. The molecule has 0 saturated heterocycles. The molecule has 238 valence electrons. The number of fused-ring (bicyclic) bond motifs is 2. The number of carbonyl (C=O) groups excluding carboxylic acids is 4. The fourth-order valence-electron chi connectivity index (χ4n) is 6.44. The van der Waals surface area contributed by atoms with E-state index in [1.807, 2.05) is 79.7 Å². The van der Waals surface area contributed by atoms with Gasteiger partial charge < -0.3 is 15.1 Å². The number of imide groups is 1. The van der Waals surface area contributed by atoms with Crippen molar-refractivity contribution in [1.29, 1.82) is 0 Å². The van der Waals surface area contributed by atoms with Crippen LogP contribution in [0.3, 0.4) is 0 Å². The smallest absolute Gasteiger partial charge is 0.261 e. The molecule has 0 aromatic heterocycles. The van der Waals surface area contributed by atoms with E-state index >= 15 is 0 Å². The number of nitrogens with zero attached hydrogens (tertiary/aromatic N) is 3. The van der Waals surface area contributed by atoms with Crippen molar-refractivity contribution in [2.45, 2.75) is 13.3 Å². The van der Waals surface area contributed by atoms with Gasteiger partial charge in [0.15, 0.2) is 0 Å². The number of aryl methyl sites for hydroxylation is 1. The normalized spacial score (nSPS) is 13.7. The van der Waals surface area contributed by atoms with Gasteiger partial charge in [0.25, 0.3) is 23.6 Å². The summed E-state index contributed by atoms with van der Waals surface area (Å²) in [4.78, 5) is 57.9. The first kappa shape index (κ1) is 30.6. The molecule has 0 radical (unpaired) electrons. The van der Waals surface area contributed by atoms with Crippen LogP contribution in [0.4, 0.5) is 17.1 Å². The van der Waals surface area contributed by atoms with E-state index in [9.17, 15) is 19.2 Å². The van der Waals surface area contributed by atoms with Crippen molar-refractivity contribution in [2.75, 3.05) is 41.3 Å². The Balaban J connectivity index is 1.00. The average molecular weight is 635 g/mol. The van der Waals surface area contributed by atoms with E-state index in [1.54, 1.807) is 53.4 Å². The lowest BCUT2D eigenvalue weighted by Crippen LogP contribution is -2.45. The predicted molar refractivity (Wildman–Crippen MR) is 188 cm³/mol. The number of anilines is 3. The number of nitrogens with one attached hydrogen (secondary N) is 1. The van der Waals surface area contributed by atoms with Gasteiger partial charge in [0.05, 0.1) is 22.5 Å². The molecule has 5 aromatic rings. The molecule has 0 unspecified atom stereocenters. The quantitative estimate of drug-likeness (QED) is 0.185. The lowest BCUT2D eigenvalue weighted by molar-refractivity contribution is 0.0652. The molecule has 7 rings (SSSR count). The van der Waals surface area contributed by atoms with E-state index in [2.05, 4.69) is 10.2 Å². The van der Waals surface area contributed by atoms with Gasteiger partial charge in [-0.2, -0.15) is 0 Å². The zero-order chi connectivity index (χ0) is 33.2. The van der Waals surface area contributed by atoms with Crippen LogP contribution < -0.4 is 15.1 Å². The van der Waals surface area contributed by atoms with Crippen LogP contribution in [0.1, 0.15) is 53.4 Å². The van der Waals surface area contributed by atoms with E-state index in [4.69, 9.17) is 0 Å². The number of hydrogen-bond donors (Lipinski definition) is 1. The number of benzene rings is 5. The third-order valence-electron chi connectivity index (χ3n) is 8.96. The van der Waals surface area contributed by atoms with E-state index in [-0.39, 0.29) is 23.6 Å². The van der Waals surface area contributed by atoms with Crippen molar-refractivity contribution in [2.24, 2.45) is 0 Å². The molecule has 0 aliphatic carbocycles. The summed E-state index contributed by atoms with van der Waals surface area (Å²) in [5, 5.41) is 2.98. The lowest BCUT2D eigenvalue weighted by Gasteiger charge is -2.38. The van der Waals surface area contributed by atoms with Crippen molar-refractivity contribution < 1.29 is 19.2 Å². The molecule has 0 spiro atoms. The van der Waals surface area contributed by atoms with E-state index < -0.39 is 0 Å². The summed E-state index contributed by atoms with van der Waals surface area (Å²) < 4.78 is 0. The van der Waals surface area contributed by atoms with Crippen LogP contribution in [0.25, 0.3) is 11.1 Å². The van der Waals surface area contributed by atoms with Crippen LogP contribution in [0.2, 0.25) is 0 Å². The molecule has 48 heavy (non-hydrogen) atoms. The Kier molecular flexibility index (Phi) is 8.29. The SMILES string of the molecule is Cc1ccc(-c2ccccc2C(=O)Nc2ccc(C(=O)N3CCN(CCCN4C(=O)c5ccccc5C4=O)c4ccccc43)cc2)cc1. The Hall–Kier alpha value is -6.02. The highest BCUT2D eigenvalue weighted by atomic mass is 16.2. The van der Waals surface area contributed by atoms with Crippen LogP contribution in [0, 0.1) is 6.92 Å². The summed E-state index contributed by atoms with van der Waals surface area (Å²) in [5.41, 5.74) is 7.30. The van der Waals surface area contributed by atoms with Gasteiger partial charge in [0.2, 0.25) is 0 Å². The van der Waals surface area contributed by atoms with Crippen molar-refractivity contribution >= 4 is 40.7 Å². The van der Waals surface area contributed by atoms with E-state index in [1.165, 1.54) is 4.90 Å². The molecular formula is C40H34N4O4. The molecule has 0 atom stereocenters. The highest BCUT2D eigenvalue weighted by Crippen LogP contribution is 2.34. The van der Waals surface area contributed by atoms with Crippen molar-refractivity contribution in [3.05, 3.63) is 149 Å². The summed E-state index contributed by atoms with van der Waals surface area (Å²) in [6.45, 7) is 4.08. The van der Waals surface area contributed by atoms with Gasteiger partial charge in [-0.1, -0.05) is 72.3 Å². The molecule has 2 aliphatic rings. The predicted octanol–water partition coefficient (Wildman–Crippen LogP) is 7.07. The minimum absolute atomic E-state index is 0.129. The number of carbonyl (C=O) groups is 4. The first-order valence-electron chi connectivity index (χ1n) is 16.1. The molecule has 0 bridgehead atoms. The molecule has 8 nitrogen and oxygen atoms in total. The third kappa shape index (κ3) is 5.84. The average Bonchev–Trinajstić information content (AvgIpc) is 3.37. The van der Waals surface area contributed by atoms with Gasteiger partial charge in [-0.25, -0.2) is 0 Å². The summed E-state index contributed by atoms with van der Waals surface area (Å²) >= 11 is 0. The summed E-state index contributed by atoms with van der Waals surface area (Å²) in [6, 6.07) is 37.3. The lowest BCUT2D eigenvalue weighted by atomic mass is 9.98. The van der Waals surface area contributed by atoms with Gasteiger partial charge in [-0.3, -0.25) is 24.1 Å². The van der Waals surface area contributed by atoms with Gasteiger partial charge >= 0.3 is 0 Å². The maximum absolute atomic E-state index is 13.8. The second-order valence-corrected chi connectivity index (χ2v) is 12.0. The molecule has 0 fully saturated rings. The molecule has 1 N–H and O–H groups in total. The molecule has 8 heteroatoms. The zero-order valence-electron chi connectivity index (χ0n) is 26.6. The summed E-state index contributed by atoms with van der Waals surface area (Å²) in [5.74, 6) is -0.845. The number of rotatable bonds is 8. The van der Waals surface area contributed by atoms with E-state index in [0.717, 1.165) is 28.1 Å². The van der Waals surface area contributed by atoms with Crippen molar-refractivity contribution in [3.63, 3.8) is 0 Å². The van der Waals surface area contributed by atoms with E-state index in [0.29, 0.717) is 60.5 Å². The number of para-hydroxylation sites is 2. The Morgan fingerprint density at radius 2 is 1.25 bits per heavy atom. The maximum Gasteiger partial charge on any atom is 0.261 e. The molecule has 5 aromatic carbocycles. The minimum Gasteiger partial charge on any atom is -0.368 e. The second-order valence-electron chi connectivity index (χ2n) is 12.0. The minimum atomic E-state index is -0.246. The Morgan fingerprint density at radius 1 is 0.646 bits per heavy atom. The largest absolute Gasteiger partial charge is 0.368 e. The zero-order valence-corrected chi connectivity index (χ0v) is 26.6. The van der Waals surface area contributed by atoms with Crippen LogP contribution >= 0.6 is 0 Å². The van der Waals surface area contributed by atoms with Crippen LogP contribution in [-0.4, -0.2) is 54.7 Å². The van der Waals surface area contributed by atoms with Crippen molar-refractivity contribution in [3.8, 4) is 11.1 Å². The Morgan fingerprint density at radius 3 is 1.94 bits per heavy atom. The highest BCUT2D eigenvalue weighted by Gasteiger charge is 2.35. The first-order valence-corrected chi connectivity index (χ1v) is 16.1. The third-order valence-corrected chi connectivity index (χ3v) is 8.96. The van der Waals surface area contributed by atoms with Gasteiger partial charge in [0.1, 0.15) is 0 Å². The van der Waals surface area contributed by atoms with Crippen molar-refractivity contribution in [1.82, 2.24) is 4.90 Å². The van der Waals surface area contributed by atoms with Crippen LogP contribution in [-0.2, 0) is 0 Å². The summed E-state index contributed by atoms with van der Waals surface area (Å²) in [6.07, 6.45) is 0.608. The Bertz CT molecular complexity index is 2000. The topological polar surface area (TPSA) is 90.0 Å². The van der Waals surface area contributed by atoms with Gasteiger partial charge in [0, 0.05) is 43.0 Å². The van der Waals surface area contributed by atoms with Gasteiger partial charge in [-0.05, 0) is 79.1 Å². The molecular weight excluding hydrogens is 600 g/mol. The standard InChI is InChI=1S/C40H34N4O4/c1-27-15-17-28(18-16-27)31-9-2-3-10-32(31)37(45)41-30-21-19-29(20-22-30)38(46)43-26-25-42(35-13-6-7-14-36(35)43)23-8-24-44-39(47)33-11-4-5-12-34(33)40(44)48/h2-7,9-22H,8,23-26H2,1H3,(H,41,45). The maximum atomic E-state index is 13.8. The highest BCUT2D eigenvalue weighted by molar-refractivity contribution is 6.21. The monoisotopic (exact) mass is 634 g/mol. The molecule has 2 aliphatic heterocycles. The first-order chi connectivity index (χ1) is 23.4. The number of amides is 4.